The molecule has 3 aromatic rings. The Morgan fingerprint density at radius 2 is 2.00 bits per heavy atom. The maximum atomic E-state index is 12.4. The van der Waals surface area contributed by atoms with Gasteiger partial charge >= 0.3 is 0 Å². The van der Waals surface area contributed by atoms with Crippen LogP contribution in [0, 0.1) is 24.0 Å². The summed E-state index contributed by atoms with van der Waals surface area (Å²) in [6.07, 6.45) is 0. The molecule has 138 valence electrons. The fourth-order valence-corrected chi connectivity index (χ4v) is 2.63. The minimum atomic E-state index is -0.590. The maximum Gasteiger partial charge on any atom is 0.270 e. The number of rotatable bonds is 5. The monoisotopic (exact) mass is 386 g/mol. The van der Waals surface area contributed by atoms with Gasteiger partial charge in [0, 0.05) is 12.1 Å². The highest BCUT2D eigenvalue weighted by Crippen LogP contribution is 2.22. The Morgan fingerprint density at radius 1 is 1.22 bits per heavy atom. The minimum Gasteiger partial charge on any atom is -0.345 e. The fraction of sp³-hybridized carbons (Fsp3) is 0.176. The van der Waals surface area contributed by atoms with Crippen LogP contribution in [0.5, 0.6) is 0 Å². The molecule has 2 aromatic carbocycles. The van der Waals surface area contributed by atoms with E-state index in [-0.39, 0.29) is 22.8 Å². The lowest BCUT2D eigenvalue weighted by molar-refractivity contribution is -0.384. The zero-order valence-corrected chi connectivity index (χ0v) is 15.3. The van der Waals surface area contributed by atoms with Crippen molar-refractivity contribution in [3.05, 3.63) is 74.0 Å². The third-order valence-corrected chi connectivity index (χ3v) is 4.41. The predicted molar refractivity (Wildman–Crippen MR) is 97.9 cm³/mol. The van der Waals surface area contributed by atoms with Gasteiger partial charge in [-0.05, 0) is 53.6 Å². The van der Waals surface area contributed by atoms with Crippen molar-refractivity contribution < 1.29 is 9.72 Å². The molecular formula is C17H15ClN6O3. The van der Waals surface area contributed by atoms with Crippen LogP contribution in [0.2, 0.25) is 5.02 Å². The summed E-state index contributed by atoms with van der Waals surface area (Å²) in [6, 6.07) is 9.45. The van der Waals surface area contributed by atoms with Gasteiger partial charge in [-0.2, -0.15) is 4.68 Å². The highest BCUT2D eigenvalue weighted by molar-refractivity contribution is 6.33. The number of amides is 1. The zero-order chi connectivity index (χ0) is 19.6. The molecule has 0 saturated heterocycles. The number of hydrogen-bond donors (Lipinski definition) is 1. The summed E-state index contributed by atoms with van der Waals surface area (Å²) in [7, 11) is 0. The second-order valence-electron chi connectivity index (χ2n) is 5.88. The molecule has 0 aliphatic rings. The summed E-state index contributed by atoms with van der Waals surface area (Å²) in [5, 5.41) is 25.2. The maximum absolute atomic E-state index is 12.4. The molecule has 0 spiro atoms. The Bertz CT molecular complexity index is 1030. The van der Waals surface area contributed by atoms with E-state index in [1.165, 1.54) is 16.8 Å². The number of benzene rings is 2. The number of nitro groups is 1. The Balaban J connectivity index is 1.79. The molecule has 1 N–H and O–H groups in total. The predicted octanol–water partition coefficient (Wildman–Crippen LogP) is 2.77. The number of nitrogens with zero attached hydrogens (tertiary/aromatic N) is 5. The molecule has 0 aliphatic carbocycles. The average Bonchev–Trinajstić information content (AvgIpc) is 3.10. The van der Waals surface area contributed by atoms with E-state index in [1.54, 1.807) is 0 Å². The first-order chi connectivity index (χ1) is 12.9. The lowest BCUT2D eigenvalue weighted by Gasteiger charge is -2.09. The summed E-state index contributed by atoms with van der Waals surface area (Å²) >= 11 is 5.99. The van der Waals surface area contributed by atoms with Crippen LogP contribution >= 0.6 is 11.6 Å². The molecule has 1 amide bonds. The van der Waals surface area contributed by atoms with E-state index in [1.807, 2.05) is 32.0 Å². The molecular weight excluding hydrogens is 372 g/mol. The average molecular weight is 387 g/mol. The van der Waals surface area contributed by atoms with Crippen molar-refractivity contribution in [1.29, 1.82) is 0 Å². The van der Waals surface area contributed by atoms with Gasteiger partial charge in [0.25, 0.3) is 11.6 Å². The zero-order valence-electron chi connectivity index (χ0n) is 14.5. The minimum absolute atomic E-state index is 0.0103. The van der Waals surface area contributed by atoms with Crippen LogP contribution in [-0.4, -0.2) is 31.0 Å². The molecule has 1 aromatic heterocycles. The van der Waals surface area contributed by atoms with Crippen molar-refractivity contribution in [2.45, 2.75) is 20.4 Å². The number of halogens is 1. The first kappa shape index (κ1) is 18.5. The Labute approximate surface area is 159 Å². The number of carbonyl (C=O) groups excluding carboxylic acids is 1. The van der Waals surface area contributed by atoms with Crippen LogP contribution in [0.25, 0.3) is 5.69 Å². The number of nitrogens with one attached hydrogen (secondary N) is 1. The van der Waals surface area contributed by atoms with Gasteiger partial charge in [0.15, 0.2) is 5.82 Å². The third kappa shape index (κ3) is 3.93. The van der Waals surface area contributed by atoms with Gasteiger partial charge in [-0.15, -0.1) is 5.10 Å². The van der Waals surface area contributed by atoms with Gasteiger partial charge in [0.05, 0.1) is 27.7 Å². The number of carbonyl (C=O) groups is 1. The molecule has 27 heavy (non-hydrogen) atoms. The van der Waals surface area contributed by atoms with Crippen LogP contribution in [0.3, 0.4) is 0 Å². The van der Waals surface area contributed by atoms with Crippen molar-refractivity contribution in [2.24, 2.45) is 0 Å². The largest absolute Gasteiger partial charge is 0.345 e. The first-order valence-electron chi connectivity index (χ1n) is 7.94. The summed E-state index contributed by atoms with van der Waals surface area (Å²) in [5.74, 6) is -0.147. The number of nitro benzene ring substituents is 1. The first-order valence-corrected chi connectivity index (χ1v) is 8.31. The summed E-state index contributed by atoms with van der Waals surface area (Å²) < 4.78 is 1.52. The number of hydrogen-bond acceptors (Lipinski definition) is 6. The van der Waals surface area contributed by atoms with E-state index >= 15 is 0 Å². The molecule has 9 nitrogen and oxygen atoms in total. The van der Waals surface area contributed by atoms with Crippen molar-refractivity contribution in [1.82, 2.24) is 25.5 Å². The summed E-state index contributed by atoms with van der Waals surface area (Å²) in [5.41, 5.74) is 2.78. The van der Waals surface area contributed by atoms with E-state index in [0.717, 1.165) is 22.9 Å². The van der Waals surface area contributed by atoms with E-state index in [2.05, 4.69) is 20.8 Å². The molecule has 0 atom stereocenters. The smallest absolute Gasteiger partial charge is 0.270 e. The van der Waals surface area contributed by atoms with E-state index < -0.39 is 10.8 Å². The number of aryl methyl sites for hydroxylation is 2. The summed E-state index contributed by atoms with van der Waals surface area (Å²) in [6.45, 7) is 4.01. The lowest BCUT2D eigenvalue weighted by Crippen LogP contribution is -2.25. The molecule has 1 heterocycles. The summed E-state index contributed by atoms with van der Waals surface area (Å²) in [4.78, 5) is 22.7. The molecule has 0 saturated carbocycles. The molecule has 0 bridgehead atoms. The van der Waals surface area contributed by atoms with Gasteiger partial charge in [-0.1, -0.05) is 17.7 Å². The standard InChI is InChI=1S/C17H15ClN6O3/c1-10-3-4-12(7-11(10)2)23-16(20-21-22-23)9-19-17(25)14-8-13(24(26)27)5-6-15(14)18/h3-8H,9H2,1-2H3,(H,19,25). The molecule has 0 aliphatic heterocycles. The highest BCUT2D eigenvalue weighted by Gasteiger charge is 2.17. The molecule has 0 radical (unpaired) electrons. The molecule has 3 rings (SSSR count). The van der Waals surface area contributed by atoms with Crippen molar-refractivity contribution >= 4 is 23.2 Å². The van der Waals surface area contributed by atoms with Crippen molar-refractivity contribution in [2.75, 3.05) is 0 Å². The van der Waals surface area contributed by atoms with Crippen LogP contribution in [-0.2, 0) is 6.54 Å². The number of aromatic nitrogens is 4. The van der Waals surface area contributed by atoms with Gasteiger partial charge in [-0.25, -0.2) is 0 Å². The molecule has 0 fully saturated rings. The lowest BCUT2D eigenvalue weighted by atomic mass is 10.1. The SMILES string of the molecule is Cc1ccc(-n2nnnc2CNC(=O)c2cc([N+](=O)[O-])ccc2Cl)cc1C. The van der Waals surface area contributed by atoms with E-state index in [0.29, 0.717) is 5.82 Å². The van der Waals surface area contributed by atoms with Crippen LogP contribution in [0.4, 0.5) is 5.69 Å². The number of non-ortho nitro benzene ring substituents is 1. The second kappa shape index (κ2) is 7.50. The molecule has 0 unspecified atom stereocenters. The van der Waals surface area contributed by atoms with Crippen molar-refractivity contribution in [3.63, 3.8) is 0 Å². The highest BCUT2D eigenvalue weighted by atomic mass is 35.5. The fourth-order valence-electron chi connectivity index (χ4n) is 2.43. The Hall–Kier alpha value is -3.33. The van der Waals surface area contributed by atoms with E-state index in [9.17, 15) is 14.9 Å². The van der Waals surface area contributed by atoms with Gasteiger partial charge in [-0.3, -0.25) is 14.9 Å². The van der Waals surface area contributed by atoms with Gasteiger partial charge in [0.2, 0.25) is 0 Å². The van der Waals surface area contributed by atoms with Gasteiger partial charge in [0.1, 0.15) is 0 Å². The second-order valence-corrected chi connectivity index (χ2v) is 6.29. The van der Waals surface area contributed by atoms with E-state index in [4.69, 9.17) is 11.6 Å². The van der Waals surface area contributed by atoms with Crippen LogP contribution in [0.1, 0.15) is 27.3 Å². The Morgan fingerprint density at radius 3 is 2.70 bits per heavy atom. The quantitative estimate of drug-likeness (QED) is 0.532. The molecule has 10 heteroatoms. The topological polar surface area (TPSA) is 116 Å². The Kier molecular flexibility index (Phi) is 5.13. The van der Waals surface area contributed by atoms with Gasteiger partial charge < -0.3 is 5.32 Å². The third-order valence-electron chi connectivity index (χ3n) is 4.08. The normalized spacial score (nSPS) is 10.6. The van der Waals surface area contributed by atoms with Crippen LogP contribution < -0.4 is 5.32 Å². The number of tetrazole rings is 1. The van der Waals surface area contributed by atoms with Crippen LogP contribution in [0.15, 0.2) is 36.4 Å². The van der Waals surface area contributed by atoms with Crippen molar-refractivity contribution in [3.8, 4) is 5.69 Å².